The molecule has 0 N–H and O–H groups in total. The van der Waals surface area contributed by atoms with Crippen molar-refractivity contribution < 1.29 is 43.8 Å². The van der Waals surface area contributed by atoms with Crippen LogP contribution >= 0.6 is 0 Å². The van der Waals surface area contributed by atoms with Crippen LogP contribution in [-0.4, -0.2) is 0 Å². The monoisotopic (exact) mass is 236 g/mol. The van der Waals surface area contributed by atoms with Crippen LogP contribution in [0.3, 0.4) is 0 Å². The molecule has 0 aliphatic carbocycles. The van der Waals surface area contributed by atoms with E-state index in [0.717, 1.165) is 0 Å². The van der Waals surface area contributed by atoms with Gasteiger partial charge in [0.25, 0.3) is 0 Å². The first kappa shape index (κ1) is 35.8. The van der Waals surface area contributed by atoms with Crippen molar-refractivity contribution >= 4 is 27.0 Å². The topological polar surface area (TPSA) is 0 Å². The molecule has 0 aliphatic rings. The SMILES string of the molecule is [Cd+2].[Ni+2].[S-2].[S-2]. The summed E-state index contributed by atoms with van der Waals surface area (Å²) < 4.78 is 0. The van der Waals surface area contributed by atoms with E-state index in [9.17, 15) is 0 Å². The Morgan fingerprint density at radius 3 is 0.750 bits per heavy atom. The molecule has 0 saturated heterocycles. The Morgan fingerprint density at radius 2 is 0.750 bits per heavy atom. The van der Waals surface area contributed by atoms with Crippen LogP contribution in [0, 0.1) is 0 Å². The Kier molecular flexibility index (Phi) is 173. The fourth-order valence-electron chi connectivity index (χ4n) is 0. The minimum Gasteiger partial charge on any atom is -2.00 e. The van der Waals surface area contributed by atoms with Crippen LogP contribution in [0.1, 0.15) is 0 Å². The Hall–Kier alpha value is 2.12. The van der Waals surface area contributed by atoms with Gasteiger partial charge in [0.2, 0.25) is 0 Å². The molecule has 24 valence electrons. The zero-order chi connectivity index (χ0) is 0. The van der Waals surface area contributed by atoms with Gasteiger partial charge < -0.3 is 27.0 Å². The minimum atomic E-state index is 0. The van der Waals surface area contributed by atoms with Gasteiger partial charge in [0, 0.05) is 0 Å². The van der Waals surface area contributed by atoms with Gasteiger partial charge in [0.15, 0.2) is 0 Å². The van der Waals surface area contributed by atoms with Crippen molar-refractivity contribution in [3.63, 3.8) is 0 Å². The Morgan fingerprint density at radius 1 is 0.750 bits per heavy atom. The second kappa shape index (κ2) is 19.4. The van der Waals surface area contributed by atoms with E-state index in [0.29, 0.717) is 0 Å². The molecule has 0 aromatic heterocycles. The maximum absolute atomic E-state index is 0. The molecule has 0 atom stereocenters. The van der Waals surface area contributed by atoms with E-state index in [-0.39, 0.29) is 70.8 Å². The van der Waals surface area contributed by atoms with E-state index >= 15 is 0 Å². The Bertz CT molecular complexity index is 6.00. The number of hydrogen-bond donors (Lipinski definition) is 0. The summed E-state index contributed by atoms with van der Waals surface area (Å²) >= 11 is 0. The van der Waals surface area contributed by atoms with Gasteiger partial charge in [-0.2, -0.15) is 0 Å². The molecule has 0 saturated carbocycles. The number of rotatable bonds is 0. The molecule has 0 fully saturated rings. The molecule has 4 heavy (non-hydrogen) atoms. The third-order valence-electron chi connectivity index (χ3n) is 0. The van der Waals surface area contributed by atoms with Gasteiger partial charge in [-0.15, -0.1) is 0 Å². The fraction of sp³-hybridized carbons (Fsp3) is 0. The Balaban J connectivity index is 0. The molecule has 0 unspecified atom stereocenters. The zero-order valence-electron chi connectivity index (χ0n) is 1.84. The van der Waals surface area contributed by atoms with Crippen LogP contribution in [0.5, 0.6) is 0 Å². The van der Waals surface area contributed by atoms with Crippen molar-refractivity contribution in [1.29, 1.82) is 0 Å². The van der Waals surface area contributed by atoms with Gasteiger partial charge in [-0.3, -0.25) is 0 Å². The molecule has 0 aliphatic heterocycles. The van der Waals surface area contributed by atoms with Crippen LogP contribution in [0.25, 0.3) is 0 Å². The first-order valence-corrected chi connectivity index (χ1v) is 0. The van der Waals surface area contributed by atoms with Crippen LogP contribution in [-0.2, 0) is 70.8 Å². The first-order chi connectivity index (χ1) is 0. The van der Waals surface area contributed by atoms with Gasteiger partial charge in [0.05, 0.1) is 0 Å². The summed E-state index contributed by atoms with van der Waals surface area (Å²) in [7, 11) is 0. The molecule has 4 heteroatoms. The molecule has 0 heterocycles. The summed E-state index contributed by atoms with van der Waals surface area (Å²) in [5.41, 5.74) is 0. The van der Waals surface area contributed by atoms with Crippen molar-refractivity contribution in [2.75, 3.05) is 0 Å². The van der Waals surface area contributed by atoms with Crippen molar-refractivity contribution in [3.8, 4) is 0 Å². The van der Waals surface area contributed by atoms with E-state index in [2.05, 4.69) is 0 Å². The largest absolute Gasteiger partial charge is 2.00 e. The predicted molar refractivity (Wildman–Crippen MR) is 14.7 cm³/mol. The van der Waals surface area contributed by atoms with Crippen molar-refractivity contribution in [2.24, 2.45) is 0 Å². The standard InChI is InChI=1S/Cd.Ni.2S/q2*+2;2*-2. The molecule has 0 radical (unpaired) electrons. The van der Waals surface area contributed by atoms with Crippen LogP contribution in [0.2, 0.25) is 0 Å². The summed E-state index contributed by atoms with van der Waals surface area (Å²) in [5.74, 6) is 0. The molecule has 0 spiro atoms. The molecule has 0 nitrogen and oxygen atoms in total. The van der Waals surface area contributed by atoms with Gasteiger partial charge in [-0.1, -0.05) is 0 Å². The summed E-state index contributed by atoms with van der Waals surface area (Å²) in [4.78, 5) is 0. The third kappa shape index (κ3) is 8.93. The second-order valence-corrected chi connectivity index (χ2v) is 0. The van der Waals surface area contributed by atoms with E-state index < -0.39 is 0 Å². The van der Waals surface area contributed by atoms with Gasteiger partial charge in [-0.05, 0) is 0 Å². The zero-order valence-corrected chi connectivity index (χ0v) is 8.50. The molecule has 0 aromatic carbocycles. The molecule has 0 aromatic rings. The van der Waals surface area contributed by atoms with Gasteiger partial charge in [0.1, 0.15) is 0 Å². The third-order valence-corrected chi connectivity index (χ3v) is 0. The van der Waals surface area contributed by atoms with Crippen LogP contribution in [0.4, 0.5) is 0 Å². The van der Waals surface area contributed by atoms with Crippen molar-refractivity contribution in [2.45, 2.75) is 0 Å². The maximum Gasteiger partial charge on any atom is 2.00 e. The summed E-state index contributed by atoms with van der Waals surface area (Å²) in [6.07, 6.45) is 0. The minimum absolute atomic E-state index is 0. The average Bonchev–Trinajstić information content (AvgIpc) is 0. The number of hydrogen-bond acceptors (Lipinski definition) is 0. The first-order valence-electron chi connectivity index (χ1n) is 0. The average molecular weight is 235 g/mol. The van der Waals surface area contributed by atoms with Crippen molar-refractivity contribution in [1.82, 2.24) is 0 Å². The second-order valence-electron chi connectivity index (χ2n) is 0. The van der Waals surface area contributed by atoms with E-state index in [1.807, 2.05) is 0 Å². The van der Waals surface area contributed by atoms with E-state index in [1.165, 1.54) is 0 Å². The van der Waals surface area contributed by atoms with Crippen molar-refractivity contribution in [3.05, 3.63) is 0 Å². The molecular formula is CdNiS2. The quantitative estimate of drug-likeness (QED) is 0.518. The normalized spacial score (nSPS) is 0. The predicted octanol–water partition coefficient (Wildman–Crippen LogP) is -0.00980. The van der Waals surface area contributed by atoms with Gasteiger partial charge in [-0.25, -0.2) is 0 Å². The summed E-state index contributed by atoms with van der Waals surface area (Å²) in [6, 6.07) is 0. The van der Waals surface area contributed by atoms with Crippen LogP contribution < -0.4 is 0 Å². The Labute approximate surface area is 70.1 Å². The smallest absolute Gasteiger partial charge is 2.00 e. The molecular weight excluding hydrogens is 235 g/mol. The van der Waals surface area contributed by atoms with Gasteiger partial charge >= 0.3 is 43.8 Å². The molecule has 0 bridgehead atoms. The molecule has 0 amide bonds. The summed E-state index contributed by atoms with van der Waals surface area (Å²) in [5, 5.41) is 0. The van der Waals surface area contributed by atoms with E-state index in [1.54, 1.807) is 0 Å². The van der Waals surface area contributed by atoms with E-state index in [4.69, 9.17) is 0 Å². The van der Waals surface area contributed by atoms with Crippen LogP contribution in [0.15, 0.2) is 0 Å². The maximum atomic E-state index is 0. The molecule has 0 rings (SSSR count). The fourth-order valence-corrected chi connectivity index (χ4v) is 0. The summed E-state index contributed by atoms with van der Waals surface area (Å²) in [6.45, 7) is 0.